The minimum absolute atomic E-state index is 0.0320. The number of carbonyl (C=O) groups is 1. The number of hydrogen-bond acceptors (Lipinski definition) is 4. The second kappa shape index (κ2) is 5.35. The Morgan fingerprint density at radius 2 is 2.17 bits per heavy atom. The van der Waals surface area contributed by atoms with Gasteiger partial charge >= 0.3 is 0 Å². The summed E-state index contributed by atoms with van der Waals surface area (Å²) in [5.74, 6) is 0.772. The van der Waals surface area contributed by atoms with Crippen LogP contribution in [0, 0.1) is 0 Å². The molecule has 0 saturated heterocycles. The molecule has 1 aromatic carbocycles. The Morgan fingerprint density at radius 3 is 2.94 bits per heavy atom. The van der Waals surface area contributed by atoms with E-state index >= 15 is 0 Å². The van der Waals surface area contributed by atoms with Crippen molar-refractivity contribution in [2.45, 2.75) is 6.92 Å². The SMILES string of the molecule is CC(=O)NCCNc1nccc2cc(N)ccc12. The third-order valence-electron chi connectivity index (χ3n) is 2.58. The molecule has 1 amide bonds. The summed E-state index contributed by atoms with van der Waals surface area (Å²) in [4.78, 5) is 15.0. The van der Waals surface area contributed by atoms with Gasteiger partial charge in [-0.25, -0.2) is 4.98 Å². The molecule has 0 radical (unpaired) electrons. The molecule has 94 valence electrons. The van der Waals surface area contributed by atoms with Crippen LogP contribution in [0.15, 0.2) is 30.5 Å². The van der Waals surface area contributed by atoms with E-state index < -0.39 is 0 Å². The number of carbonyl (C=O) groups excluding carboxylic acids is 1. The topological polar surface area (TPSA) is 80.0 Å². The highest BCUT2D eigenvalue weighted by atomic mass is 16.1. The van der Waals surface area contributed by atoms with Crippen LogP contribution in [0.2, 0.25) is 0 Å². The van der Waals surface area contributed by atoms with E-state index in [1.807, 2.05) is 24.3 Å². The molecule has 0 aliphatic carbocycles. The summed E-state index contributed by atoms with van der Waals surface area (Å²) in [7, 11) is 0. The first-order valence-electron chi connectivity index (χ1n) is 5.79. The Hall–Kier alpha value is -2.30. The number of anilines is 2. The van der Waals surface area contributed by atoms with Crippen molar-refractivity contribution in [3.63, 3.8) is 0 Å². The quantitative estimate of drug-likeness (QED) is 0.560. The van der Waals surface area contributed by atoms with Crippen molar-refractivity contribution >= 4 is 28.2 Å². The van der Waals surface area contributed by atoms with Crippen LogP contribution in [0.1, 0.15) is 6.92 Å². The van der Waals surface area contributed by atoms with Gasteiger partial charge in [-0.3, -0.25) is 4.79 Å². The third kappa shape index (κ3) is 2.88. The van der Waals surface area contributed by atoms with Crippen molar-refractivity contribution in [2.24, 2.45) is 0 Å². The van der Waals surface area contributed by atoms with E-state index in [1.54, 1.807) is 6.20 Å². The Labute approximate surface area is 105 Å². The van der Waals surface area contributed by atoms with Gasteiger partial charge in [0.05, 0.1) is 0 Å². The van der Waals surface area contributed by atoms with E-state index in [4.69, 9.17) is 5.73 Å². The minimum atomic E-state index is -0.0320. The Balaban J connectivity index is 2.11. The fourth-order valence-electron chi connectivity index (χ4n) is 1.76. The van der Waals surface area contributed by atoms with Gasteiger partial charge in [-0.15, -0.1) is 0 Å². The van der Waals surface area contributed by atoms with E-state index in [0.29, 0.717) is 13.1 Å². The van der Waals surface area contributed by atoms with Crippen LogP contribution in [-0.4, -0.2) is 24.0 Å². The molecule has 0 fully saturated rings. The molecule has 5 nitrogen and oxygen atoms in total. The fraction of sp³-hybridized carbons (Fsp3) is 0.231. The highest BCUT2D eigenvalue weighted by Crippen LogP contribution is 2.22. The molecule has 0 bridgehead atoms. The number of aromatic nitrogens is 1. The molecule has 5 heteroatoms. The summed E-state index contributed by atoms with van der Waals surface area (Å²) in [6, 6.07) is 7.63. The van der Waals surface area contributed by atoms with Gasteiger partial charge in [0.1, 0.15) is 5.82 Å². The molecule has 0 atom stereocenters. The molecule has 2 rings (SSSR count). The van der Waals surface area contributed by atoms with Gasteiger partial charge < -0.3 is 16.4 Å². The molecule has 0 spiro atoms. The molecule has 1 heterocycles. The Kier molecular flexibility index (Phi) is 3.62. The predicted octanol–water partition coefficient (Wildman–Crippen LogP) is 1.36. The zero-order valence-electron chi connectivity index (χ0n) is 10.2. The summed E-state index contributed by atoms with van der Waals surface area (Å²) in [6.07, 6.45) is 1.74. The highest BCUT2D eigenvalue weighted by molar-refractivity contribution is 5.93. The van der Waals surface area contributed by atoms with Gasteiger partial charge in [0, 0.05) is 37.3 Å². The van der Waals surface area contributed by atoms with Crippen LogP contribution in [0.3, 0.4) is 0 Å². The van der Waals surface area contributed by atoms with Gasteiger partial charge in [0.2, 0.25) is 5.91 Å². The average molecular weight is 244 g/mol. The van der Waals surface area contributed by atoms with E-state index in [0.717, 1.165) is 22.3 Å². The van der Waals surface area contributed by atoms with Crippen LogP contribution >= 0.6 is 0 Å². The lowest BCUT2D eigenvalue weighted by Crippen LogP contribution is -2.26. The maximum Gasteiger partial charge on any atom is 0.216 e. The van der Waals surface area contributed by atoms with Crippen molar-refractivity contribution in [1.29, 1.82) is 0 Å². The van der Waals surface area contributed by atoms with Crippen LogP contribution in [0.25, 0.3) is 10.8 Å². The molecule has 0 saturated carbocycles. The van der Waals surface area contributed by atoms with E-state index in [2.05, 4.69) is 15.6 Å². The van der Waals surface area contributed by atoms with Gasteiger partial charge in [0.25, 0.3) is 0 Å². The second-order valence-corrected chi connectivity index (χ2v) is 4.05. The summed E-state index contributed by atoms with van der Waals surface area (Å²) in [5, 5.41) is 7.99. The summed E-state index contributed by atoms with van der Waals surface area (Å²) in [6.45, 7) is 2.71. The number of pyridine rings is 1. The van der Waals surface area contributed by atoms with Crippen molar-refractivity contribution < 1.29 is 4.79 Å². The highest BCUT2D eigenvalue weighted by Gasteiger charge is 2.01. The zero-order chi connectivity index (χ0) is 13.0. The average Bonchev–Trinajstić information content (AvgIpc) is 2.34. The Bertz CT molecular complexity index is 568. The maximum atomic E-state index is 10.7. The number of rotatable bonds is 4. The second-order valence-electron chi connectivity index (χ2n) is 4.05. The molecule has 1 aromatic heterocycles. The van der Waals surface area contributed by atoms with E-state index in [9.17, 15) is 4.79 Å². The van der Waals surface area contributed by atoms with Crippen LogP contribution in [0.4, 0.5) is 11.5 Å². The van der Waals surface area contributed by atoms with E-state index in [1.165, 1.54) is 6.92 Å². The Morgan fingerprint density at radius 1 is 1.33 bits per heavy atom. The number of nitrogens with zero attached hydrogens (tertiary/aromatic N) is 1. The molecule has 0 aliphatic heterocycles. The fourth-order valence-corrected chi connectivity index (χ4v) is 1.76. The molecule has 0 aliphatic rings. The lowest BCUT2D eigenvalue weighted by Gasteiger charge is -2.09. The third-order valence-corrected chi connectivity index (χ3v) is 2.58. The normalized spacial score (nSPS) is 10.3. The number of nitrogens with two attached hydrogens (primary N) is 1. The molecule has 2 aromatic rings. The van der Waals surface area contributed by atoms with Crippen LogP contribution < -0.4 is 16.4 Å². The molecule has 4 N–H and O–H groups in total. The smallest absolute Gasteiger partial charge is 0.216 e. The lowest BCUT2D eigenvalue weighted by atomic mass is 10.1. The standard InChI is InChI=1S/C13H16N4O/c1-9(18)15-6-7-17-13-12-3-2-11(14)8-10(12)4-5-16-13/h2-5,8H,6-7,14H2,1H3,(H,15,18)(H,16,17). The number of fused-ring (bicyclic) bond motifs is 1. The van der Waals surface area contributed by atoms with Crippen LogP contribution in [-0.2, 0) is 4.79 Å². The number of amides is 1. The van der Waals surface area contributed by atoms with Gasteiger partial charge in [-0.1, -0.05) is 0 Å². The van der Waals surface area contributed by atoms with Crippen molar-refractivity contribution in [2.75, 3.05) is 24.1 Å². The molecule has 18 heavy (non-hydrogen) atoms. The monoisotopic (exact) mass is 244 g/mol. The molecular weight excluding hydrogens is 228 g/mol. The zero-order valence-corrected chi connectivity index (χ0v) is 10.2. The summed E-state index contributed by atoms with van der Waals surface area (Å²) < 4.78 is 0. The number of nitrogen functional groups attached to an aromatic ring is 1. The summed E-state index contributed by atoms with van der Waals surface area (Å²) >= 11 is 0. The minimum Gasteiger partial charge on any atom is -0.399 e. The maximum absolute atomic E-state index is 10.7. The molecular formula is C13H16N4O. The predicted molar refractivity (Wildman–Crippen MR) is 73.3 cm³/mol. The van der Waals surface area contributed by atoms with Crippen molar-refractivity contribution in [3.05, 3.63) is 30.5 Å². The first-order valence-corrected chi connectivity index (χ1v) is 5.79. The molecule has 0 unspecified atom stereocenters. The van der Waals surface area contributed by atoms with Crippen molar-refractivity contribution in [3.8, 4) is 0 Å². The van der Waals surface area contributed by atoms with Gasteiger partial charge in [-0.2, -0.15) is 0 Å². The number of hydrogen-bond donors (Lipinski definition) is 3. The lowest BCUT2D eigenvalue weighted by molar-refractivity contribution is -0.118. The number of nitrogens with one attached hydrogen (secondary N) is 2. The van der Waals surface area contributed by atoms with Crippen LogP contribution in [0.5, 0.6) is 0 Å². The van der Waals surface area contributed by atoms with E-state index in [-0.39, 0.29) is 5.91 Å². The van der Waals surface area contributed by atoms with Gasteiger partial charge in [-0.05, 0) is 29.7 Å². The first kappa shape index (κ1) is 12.2. The largest absolute Gasteiger partial charge is 0.399 e. The first-order chi connectivity index (χ1) is 8.66. The van der Waals surface area contributed by atoms with Gasteiger partial charge in [0.15, 0.2) is 0 Å². The summed E-state index contributed by atoms with van der Waals surface area (Å²) in [5.41, 5.74) is 6.47. The number of benzene rings is 1. The van der Waals surface area contributed by atoms with Crippen molar-refractivity contribution in [1.82, 2.24) is 10.3 Å².